The van der Waals surface area contributed by atoms with Crippen molar-refractivity contribution in [3.63, 3.8) is 0 Å². The van der Waals surface area contributed by atoms with Crippen LogP contribution in [0.25, 0.3) is 0 Å². The van der Waals surface area contributed by atoms with Gasteiger partial charge in [0.15, 0.2) is 0 Å². The normalized spacial score (nSPS) is 17.3. The van der Waals surface area contributed by atoms with Gasteiger partial charge in [-0.3, -0.25) is 4.79 Å². The Morgan fingerprint density at radius 2 is 1.56 bits per heavy atom. The fourth-order valence-electron chi connectivity index (χ4n) is 5.71. The molecule has 1 amide bonds. The number of hydrogen-bond acceptors (Lipinski definition) is 4. The fraction of sp³-hybridized carbons (Fsp3) is 0.414. The van der Waals surface area contributed by atoms with Gasteiger partial charge in [-0.2, -0.15) is 0 Å². The zero-order valence-electron chi connectivity index (χ0n) is 20.4. The molecule has 1 aromatic heterocycles. The Labute approximate surface area is 210 Å². The van der Waals surface area contributed by atoms with Gasteiger partial charge in [0.05, 0.1) is 11.3 Å². The van der Waals surface area contributed by atoms with Crippen molar-refractivity contribution in [2.75, 3.05) is 11.9 Å². The Bertz CT molecular complexity index is 1180. The third-order valence-corrected chi connectivity index (χ3v) is 7.64. The van der Waals surface area contributed by atoms with Gasteiger partial charge < -0.3 is 10.6 Å². The average molecular weight is 491 g/mol. The topological polar surface area (TPSA) is 66.9 Å². The zero-order chi connectivity index (χ0) is 25.0. The van der Waals surface area contributed by atoms with E-state index in [1.54, 1.807) is 18.3 Å². The lowest BCUT2D eigenvalue weighted by Gasteiger charge is -2.31. The van der Waals surface area contributed by atoms with Crippen molar-refractivity contribution in [2.24, 2.45) is 0 Å². The van der Waals surface area contributed by atoms with Crippen LogP contribution in [0.4, 0.5) is 14.7 Å². The Hall–Kier alpha value is -3.35. The van der Waals surface area contributed by atoms with Crippen LogP contribution in [0.5, 0.6) is 0 Å². The van der Waals surface area contributed by atoms with Crippen molar-refractivity contribution in [3.8, 4) is 0 Å². The van der Waals surface area contributed by atoms with E-state index in [2.05, 4.69) is 15.6 Å². The van der Waals surface area contributed by atoms with Gasteiger partial charge in [-0.15, -0.1) is 0 Å². The van der Waals surface area contributed by atoms with E-state index < -0.39 is 5.41 Å². The third-order valence-electron chi connectivity index (χ3n) is 7.64. The van der Waals surface area contributed by atoms with Crippen molar-refractivity contribution < 1.29 is 13.6 Å². The molecule has 0 atom stereocenters. The minimum atomic E-state index is -0.466. The summed E-state index contributed by atoms with van der Waals surface area (Å²) in [5, 5.41) is 6.48. The molecule has 0 radical (unpaired) electrons. The number of anilines is 1. The summed E-state index contributed by atoms with van der Waals surface area (Å²) in [7, 11) is 0. The van der Waals surface area contributed by atoms with Crippen LogP contribution in [-0.4, -0.2) is 28.5 Å². The van der Waals surface area contributed by atoms with E-state index in [9.17, 15) is 13.6 Å². The molecule has 5 rings (SSSR count). The smallest absolute Gasteiger partial charge is 0.254 e. The summed E-state index contributed by atoms with van der Waals surface area (Å²) < 4.78 is 27.0. The highest BCUT2D eigenvalue weighted by molar-refractivity contribution is 5.95. The second-order valence-corrected chi connectivity index (χ2v) is 10.0. The SMILES string of the molecule is O=C(NCCc1ccc(F)cc1)c1cnc(NC2CCCC2)nc1C1(c2ccc(F)cc2)CCCC1. The largest absolute Gasteiger partial charge is 0.352 e. The molecule has 5 nitrogen and oxygen atoms in total. The molecule has 36 heavy (non-hydrogen) atoms. The number of halogens is 2. The number of nitrogens with zero attached hydrogens (tertiary/aromatic N) is 2. The van der Waals surface area contributed by atoms with Gasteiger partial charge >= 0.3 is 0 Å². The van der Waals surface area contributed by atoms with Crippen LogP contribution in [0.3, 0.4) is 0 Å². The van der Waals surface area contributed by atoms with Crippen LogP contribution >= 0.6 is 0 Å². The molecule has 0 spiro atoms. The quantitative estimate of drug-likeness (QED) is 0.410. The monoisotopic (exact) mass is 490 g/mol. The van der Waals surface area contributed by atoms with Gasteiger partial charge in [0.2, 0.25) is 5.95 Å². The summed E-state index contributed by atoms with van der Waals surface area (Å²) in [4.78, 5) is 22.9. The van der Waals surface area contributed by atoms with Gasteiger partial charge in [-0.1, -0.05) is 49.9 Å². The average Bonchev–Trinajstić information content (AvgIpc) is 3.59. The van der Waals surface area contributed by atoms with E-state index >= 15 is 0 Å². The van der Waals surface area contributed by atoms with E-state index in [-0.39, 0.29) is 17.5 Å². The van der Waals surface area contributed by atoms with Gasteiger partial charge in [-0.25, -0.2) is 18.7 Å². The maximum Gasteiger partial charge on any atom is 0.254 e. The number of amides is 1. The number of aromatic nitrogens is 2. The molecule has 2 aromatic carbocycles. The Kier molecular flexibility index (Phi) is 7.25. The Morgan fingerprint density at radius 3 is 2.22 bits per heavy atom. The second kappa shape index (κ2) is 10.7. The van der Waals surface area contributed by atoms with Gasteiger partial charge in [0, 0.05) is 24.2 Å². The molecule has 2 aliphatic rings. The van der Waals surface area contributed by atoms with Crippen molar-refractivity contribution in [2.45, 2.75) is 69.2 Å². The number of rotatable bonds is 8. The van der Waals surface area contributed by atoms with Crippen LogP contribution in [0.2, 0.25) is 0 Å². The number of carbonyl (C=O) groups excluding carboxylic acids is 1. The van der Waals surface area contributed by atoms with Crippen molar-refractivity contribution in [3.05, 3.63) is 88.7 Å². The Balaban J connectivity index is 1.45. The minimum Gasteiger partial charge on any atom is -0.352 e. The van der Waals surface area contributed by atoms with Gasteiger partial charge in [0.1, 0.15) is 11.6 Å². The van der Waals surface area contributed by atoms with E-state index in [0.717, 1.165) is 49.7 Å². The summed E-state index contributed by atoms with van der Waals surface area (Å²) in [6.45, 7) is 0.412. The van der Waals surface area contributed by atoms with Crippen LogP contribution in [0, 0.1) is 11.6 Å². The molecule has 0 saturated heterocycles. The number of hydrogen-bond donors (Lipinski definition) is 2. The lowest BCUT2D eigenvalue weighted by atomic mass is 9.74. The molecule has 1 heterocycles. The van der Waals surface area contributed by atoms with Crippen LogP contribution in [0.1, 0.15) is 78.5 Å². The van der Waals surface area contributed by atoms with Crippen LogP contribution < -0.4 is 10.6 Å². The van der Waals surface area contributed by atoms with E-state index in [1.165, 1.54) is 37.1 Å². The summed E-state index contributed by atoms with van der Waals surface area (Å²) in [6, 6.07) is 13.2. The first-order valence-corrected chi connectivity index (χ1v) is 13.0. The molecule has 0 unspecified atom stereocenters. The highest BCUT2D eigenvalue weighted by Gasteiger charge is 2.42. The maximum absolute atomic E-state index is 13.8. The summed E-state index contributed by atoms with van der Waals surface area (Å²) in [6.07, 6.45) is 10.5. The minimum absolute atomic E-state index is 0.229. The van der Waals surface area contributed by atoms with E-state index in [4.69, 9.17) is 4.98 Å². The zero-order valence-corrected chi connectivity index (χ0v) is 20.4. The fourth-order valence-corrected chi connectivity index (χ4v) is 5.71. The molecule has 2 N–H and O–H groups in total. The molecule has 0 aliphatic heterocycles. The third kappa shape index (κ3) is 5.25. The van der Waals surface area contributed by atoms with E-state index in [0.29, 0.717) is 36.2 Å². The van der Waals surface area contributed by atoms with Crippen molar-refractivity contribution in [1.29, 1.82) is 0 Å². The molecule has 0 bridgehead atoms. The first-order chi connectivity index (χ1) is 17.5. The lowest BCUT2D eigenvalue weighted by molar-refractivity contribution is 0.0951. The predicted molar refractivity (Wildman–Crippen MR) is 136 cm³/mol. The number of benzene rings is 2. The molecule has 2 aliphatic carbocycles. The number of carbonyl (C=O) groups is 1. The first-order valence-electron chi connectivity index (χ1n) is 13.0. The maximum atomic E-state index is 13.8. The number of nitrogens with one attached hydrogen (secondary N) is 2. The summed E-state index contributed by atoms with van der Waals surface area (Å²) in [5.41, 5.74) is 2.63. The van der Waals surface area contributed by atoms with Crippen LogP contribution in [-0.2, 0) is 11.8 Å². The van der Waals surface area contributed by atoms with Gasteiger partial charge in [-0.05, 0) is 67.5 Å². The van der Waals surface area contributed by atoms with Crippen molar-refractivity contribution in [1.82, 2.24) is 15.3 Å². The highest BCUT2D eigenvalue weighted by atomic mass is 19.1. The first kappa shape index (κ1) is 24.3. The molecule has 2 saturated carbocycles. The summed E-state index contributed by atoms with van der Waals surface area (Å²) in [5.74, 6) is -0.239. The van der Waals surface area contributed by atoms with Crippen LogP contribution in [0.15, 0.2) is 54.7 Å². The van der Waals surface area contributed by atoms with Crippen molar-refractivity contribution >= 4 is 11.9 Å². The standard InChI is InChI=1S/C29H32F2N4O/c30-22-11-7-20(8-12-22)15-18-32-27(36)25-19-33-28(34-24-5-1-2-6-24)35-26(25)29(16-3-4-17-29)21-9-13-23(31)14-10-21/h7-14,19,24H,1-6,15-18H2,(H,32,36)(H,33,34,35). The van der Waals surface area contributed by atoms with E-state index in [1.807, 2.05) is 12.1 Å². The second-order valence-electron chi connectivity index (χ2n) is 10.0. The molecular formula is C29H32F2N4O. The molecule has 3 aromatic rings. The highest BCUT2D eigenvalue weighted by Crippen LogP contribution is 2.47. The molecule has 2 fully saturated rings. The molecular weight excluding hydrogens is 458 g/mol. The lowest BCUT2D eigenvalue weighted by Crippen LogP contribution is -2.33. The molecule has 7 heteroatoms. The Morgan fingerprint density at radius 1 is 0.917 bits per heavy atom. The predicted octanol–water partition coefficient (Wildman–Crippen LogP) is 5.94. The summed E-state index contributed by atoms with van der Waals surface area (Å²) >= 11 is 0. The van der Waals surface area contributed by atoms with Gasteiger partial charge in [0.25, 0.3) is 5.91 Å². The molecule has 188 valence electrons.